The van der Waals surface area contributed by atoms with Crippen LogP contribution in [0.3, 0.4) is 0 Å². The molecular formula is C23H29N3O3. The Morgan fingerprint density at radius 1 is 1.10 bits per heavy atom. The van der Waals surface area contributed by atoms with Gasteiger partial charge in [-0.25, -0.2) is 0 Å². The third-order valence-corrected chi connectivity index (χ3v) is 4.85. The molecule has 2 aromatic rings. The Balaban J connectivity index is 1.49. The van der Waals surface area contributed by atoms with Gasteiger partial charge in [0, 0.05) is 38.3 Å². The molecule has 1 aliphatic heterocycles. The Labute approximate surface area is 172 Å². The van der Waals surface area contributed by atoms with E-state index in [-0.39, 0.29) is 11.8 Å². The maximum Gasteiger partial charge on any atom is 0.250 e. The zero-order valence-electron chi connectivity index (χ0n) is 16.9. The summed E-state index contributed by atoms with van der Waals surface area (Å²) in [7, 11) is 0. The first-order chi connectivity index (χ1) is 14.1. The third-order valence-electron chi connectivity index (χ3n) is 4.85. The molecule has 1 saturated heterocycles. The average molecular weight is 396 g/mol. The highest BCUT2D eigenvalue weighted by Crippen LogP contribution is 2.13. The molecule has 0 bridgehead atoms. The molecule has 2 amide bonds. The number of carbonyl (C=O) groups is 2. The van der Waals surface area contributed by atoms with E-state index >= 15 is 0 Å². The minimum Gasteiger partial charge on any atom is -0.366 e. The second-order valence-corrected chi connectivity index (χ2v) is 7.30. The lowest BCUT2D eigenvalue weighted by atomic mass is 10.1. The highest BCUT2D eigenvalue weighted by Gasteiger charge is 2.26. The molecular weight excluding hydrogens is 366 g/mol. The van der Waals surface area contributed by atoms with Crippen molar-refractivity contribution >= 4 is 17.5 Å². The maximum atomic E-state index is 12.6. The Morgan fingerprint density at radius 3 is 2.69 bits per heavy atom. The van der Waals surface area contributed by atoms with Crippen molar-refractivity contribution in [3.8, 4) is 0 Å². The fourth-order valence-electron chi connectivity index (χ4n) is 3.36. The molecule has 3 rings (SSSR count). The number of benzene rings is 2. The summed E-state index contributed by atoms with van der Waals surface area (Å²) in [4.78, 5) is 26.6. The van der Waals surface area contributed by atoms with Crippen LogP contribution in [-0.2, 0) is 27.4 Å². The molecule has 0 aromatic heterocycles. The van der Waals surface area contributed by atoms with Gasteiger partial charge in [-0.15, -0.1) is 0 Å². The van der Waals surface area contributed by atoms with Crippen LogP contribution in [0.4, 0.5) is 5.69 Å². The van der Waals surface area contributed by atoms with Gasteiger partial charge in [0.1, 0.15) is 6.10 Å². The maximum absolute atomic E-state index is 12.6. The van der Waals surface area contributed by atoms with Crippen molar-refractivity contribution in [3.05, 3.63) is 65.7 Å². The highest BCUT2D eigenvalue weighted by atomic mass is 16.5. The van der Waals surface area contributed by atoms with Crippen LogP contribution in [-0.4, -0.2) is 42.5 Å². The van der Waals surface area contributed by atoms with Gasteiger partial charge in [0.05, 0.1) is 6.61 Å². The number of anilines is 1. The quantitative estimate of drug-likeness (QED) is 0.721. The number of ether oxygens (including phenoxy) is 1. The number of amides is 2. The topological polar surface area (TPSA) is 70.7 Å². The van der Waals surface area contributed by atoms with E-state index in [9.17, 15) is 9.59 Å². The number of hydrogen-bond donors (Lipinski definition) is 2. The van der Waals surface area contributed by atoms with Gasteiger partial charge in [-0.1, -0.05) is 49.4 Å². The van der Waals surface area contributed by atoms with Crippen molar-refractivity contribution in [2.24, 2.45) is 0 Å². The standard InChI is InChI=1S/C23H29N3O3/c1-2-7-22(27)25-20-11-6-10-19(14-20)15-24-23(28)21-17-26(12-13-29-21)16-18-8-4-3-5-9-18/h3-6,8-11,14,21H,2,7,12-13,15-17H2,1H3,(H,24,28)(H,25,27). The monoisotopic (exact) mass is 395 g/mol. The zero-order chi connectivity index (χ0) is 20.5. The van der Waals surface area contributed by atoms with Crippen LogP contribution in [0.1, 0.15) is 30.9 Å². The second-order valence-electron chi connectivity index (χ2n) is 7.30. The normalized spacial score (nSPS) is 16.9. The summed E-state index contributed by atoms with van der Waals surface area (Å²) in [6, 6.07) is 17.8. The Bertz CT molecular complexity index is 810. The predicted molar refractivity (Wildman–Crippen MR) is 113 cm³/mol. The van der Waals surface area contributed by atoms with Gasteiger partial charge in [-0.05, 0) is 29.7 Å². The first-order valence-corrected chi connectivity index (χ1v) is 10.2. The van der Waals surface area contributed by atoms with E-state index in [0.717, 1.165) is 30.8 Å². The van der Waals surface area contributed by atoms with E-state index in [2.05, 4.69) is 27.7 Å². The molecule has 154 valence electrons. The van der Waals surface area contributed by atoms with E-state index in [1.165, 1.54) is 5.56 Å². The minimum atomic E-state index is -0.472. The summed E-state index contributed by atoms with van der Waals surface area (Å²) >= 11 is 0. The fourth-order valence-corrected chi connectivity index (χ4v) is 3.36. The van der Waals surface area contributed by atoms with Crippen LogP contribution in [0.5, 0.6) is 0 Å². The molecule has 0 aliphatic carbocycles. The van der Waals surface area contributed by atoms with Crippen LogP contribution in [0, 0.1) is 0 Å². The second kappa shape index (κ2) is 10.7. The Kier molecular flexibility index (Phi) is 7.78. The molecule has 29 heavy (non-hydrogen) atoms. The molecule has 1 aliphatic rings. The summed E-state index contributed by atoms with van der Waals surface area (Å²) < 4.78 is 5.69. The summed E-state index contributed by atoms with van der Waals surface area (Å²) in [5, 5.41) is 5.84. The van der Waals surface area contributed by atoms with Crippen LogP contribution >= 0.6 is 0 Å². The SMILES string of the molecule is CCCC(=O)Nc1cccc(CNC(=O)C2CN(Cc3ccccc3)CCO2)c1. The number of nitrogens with zero attached hydrogens (tertiary/aromatic N) is 1. The molecule has 1 heterocycles. The molecule has 2 N–H and O–H groups in total. The lowest BCUT2D eigenvalue weighted by molar-refractivity contribution is -0.139. The lowest BCUT2D eigenvalue weighted by Crippen LogP contribution is -2.49. The smallest absolute Gasteiger partial charge is 0.250 e. The van der Waals surface area contributed by atoms with Crippen LogP contribution < -0.4 is 10.6 Å². The van der Waals surface area contributed by atoms with E-state index in [1.807, 2.05) is 49.4 Å². The minimum absolute atomic E-state index is 0.00259. The van der Waals surface area contributed by atoms with E-state index < -0.39 is 6.10 Å². The fraction of sp³-hybridized carbons (Fsp3) is 0.391. The molecule has 2 aromatic carbocycles. The number of hydrogen-bond acceptors (Lipinski definition) is 4. The summed E-state index contributed by atoms with van der Waals surface area (Å²) in [5.41, 5.74) is 2.92. The number of rotatable bonds is 8. The van der Waals surface area contributed by atoms with Crippen molar-refractivity contribution in [3.63, 3.8) is 0 Å². The van der Waals surface area contributed by atoms with Crippen LogP contribution in [0.25, 0.3) is 0 Å². The van der Waals surface area contributed by atoms with E-state index in [0.29, 0.717) is 26.1 Å². The largest absolute Gasteiger partial charge is 0.366 e. The first-order valence-electron chi connectivity index (χ1n) is 10.2. The molecule has 0 saturated carbocycles. The van der Waals surface area contributed by atoms with E-state index in [1.54, 1.807) is 0 Å². The lowest BCUT2D eigenvalue weighted by Gasteiger charge is -2.32. The van der Waals surface area contributed by atoms with Crippen molar-refractivity contribution in [2.45, 2.75) is 39.0 Å². The van der Waals surface area contributed by atoms with E-state index in [4.69, 9.17) is 4.74 Å². The van der Waals surface area contributed by atoms with Gasteiger partial charge in [-0.3, -0.25) is 14.5 Å². The summed E-state index contributed by atoms with van der Waals surface area (Å²) in [6.07, 6.45) is 0.837. The predicted octanol–water partition coefficient (Wildman–Crippen LogP) is 2.94. The van der Waals surface area contributed by atoms with Gasteiger partial charge >= 0.3 is 0 Å². The van der Waals surface area contributed by atoms with Crippen molar-refractivity contribution in [2.75, 3.05) is 25.0 Å². The van der Waals surface area contributed by atoms with Gasteiger partial charge < -0.3 is 15.4 Å². The summed E-state index contributed by atoms with van der Waals surface area (Å²) in [6.45, 7) is 5.12. The first kappa shape index (κ1) is 21.0. The highest BCUT2D eigenvalue weighted by molar-refractivity contribution is 5.90. The molecule has 1 atom stereocenters. The van der Waals surface area contributed by atoms with Gasteiger partial charge in [0.15, 0.2) is 0 Å². The third kappa shape index (κ3) is 6.69. The number of carbonyl (C=O) groups excluding carboxylic acids is 2. The molecule has 6 nitrogen and oxygen atoms in total. The van der Waals surface area contributed by atoms with Gasteiger partial charge in [-0.2, -0.15) is 0 Å². The molecule has 1 fully saturated rings. The van der Waals surface area contributed by atoms with Gasteiger partial charge in [0.25, 0.3) is 5.91 Å². The average Bonchev–Trinajstić information content (AvgIpc) is 2.73. The zero-order valence-corrected chi connectivity index (χ0v) is 16.9. The Morgan fingerprint density at radius 2 is 1.90 bits per heavy atom. The molecule has 0 spiro atoms. The Hall–Kier alpha value is -2.70. The number of morpholine rings is 1. The van der Waals surface area contributed by atoms with Crippen molar-refractivity contribution < 1.29 is 14.3 Å². The van der Waals surface area contributed by atoms with Crippen molar-refractivity contribution in [1.82, 2.24) is 10.2 Å². The molecule has 6 heteroatoms. The van der Waals surface area contributed by atoms with Crippen LogP contribution in [0.15, 0.2) is 54.6 Å². The van der Waals surface area contributed by atoms with Crippen molar-refractivity contribution in [1.29, 1.82) is 0 Å². The molecule has 1 unspecified atom stereocenters. The van der Waals surface area contributed by atoms with Gasteiger partial charge in [0.2, 0.25) is 5.91 Å². The number of nitrogens with one attached hydrogen (secondary N) is 2. The van der Waals surface area contributed by atoms with Crippen LogP contribution in [0.2, 0.25) is 0 Å². The molecule has 0 radical (unpaired) electrons. The summed E-state index contributed by atoms with van der Waals surface area (Å²) in [5.74, 6) is -0.106.